The number of carbonyl (C=O) groups is 1. The maximum atomic E-state index is 14.0. The molecule has 0 aliphatic heterocycles. The lowest BCUT2D eigenvalue weighted by atomic mass is 10.0. The summed E-state index contributed by atoms with van der Waals surface area (Å²) in [7, 11) is 0. The molecular weight excluding hydrogens is 385 g/mol. The Labute approximate surface area is 174 Å². The van der Waals surface area contributed by atoms with Crippen LogP contribution in [0.3, 0.4) is 0 Å². The van der Waals surface area contributed by atoms with Gasteiger partial charge in [0, 0.05) is 24.7 Å². The zero-order chi connectivity index (χ0) is 21.3. The Hall–Kier alpha value is -3.00. The lowest BCUT2D eigenvalue weighted by Crippen LogP contribution is -2.42. The number of allylic oxidation sites excluding steroid dienone is 1. The third kappa shape index (κ3) is 4.76. The van der Waals surface area contributed by atoms with Crippen molar-refractivity contribution in [2.45, 2.75) is 50.9 Å². The lowest BCUT2D eigenvalue weighted by molar-refractivity contribution is -0.00177. The number of hydrogen-bond donors (Lipinski definition) is 4. The summed E-state index contributed by atoms with van der Waals surface area (Å²) in [6.07, 6.45) is 8.71. The number of rotatable bonds is 8. The summed E-state index contributed by atoms with van der Waals surface area (Å²) in [5.74, 6) is 0.145. The Kier molecular flexibility index (Phi) is 5.42. The molecular formula is C22H26FN5O2. The van der Waals surface area contributed by atoms with Crippen LogP contribution in [0.1, 0.15) is 48.3 Å². The van der Waals surface area contributed by atoms with Gasteiger partial charge in [-0.3, -0.25) is 9.78 Å². The number of nitrogens with one attached hydrogen (secondary N) is 3. The number of hydrogen-bond acceptors (Lipinski definition) is 6. The van der Waals surface area contributed by atoms with Crippen LogP contribution in [-0.2, 0) is 6.42 Å². The number of amides is 1. The predicted octanol–water partition coefficient (Wildman–Crippen LogP) is 3.20. The largest absolute Gasteiger partial charge is 0.387 e. The third-order valence-electron chi connectivity index (χ3n) is 5.18. The molecule has 1 saturated carbocycles. The van der Waals surface area contributed by atoms with Crippen molar-refractivity contribution in [2.75, 3.05) is 17.2 Å². The van der Waals surface area contributed by atoms with Crippen molar-refractivity contribution in [2.24, 2.45) is 0 Å². The van der Waals surface area contributed by atoms with E-state index in [1.54, 1.807) is 12.3 Å². The first-order valence-corrected chi connectivity index (χ1v) is 10.1. The molecule has 1 amide bonds. The molecule has 4 rings (SSSR count). The molecule has 2 aromatic heterocycles. The van der Waals surface area contributed by atoms with E-state index in [0.29, 0.717) is 23.1 Å². The van der Waals surface area contributed by atoms with Gasteiger partial charge in [-0.25, -0.2) is 9.37 Å². The van der Waals surface area contributed by atoms with Gasteiger partial charge in [0.1, 0.15) is 12.0 Å². The zero-order valence-corrected chi connectivity index (χ0v) is 17.1. The summed E-state index contributed by atoms with van der Waals surface area (Å²) in [4.78, 5) is 21.4. The van der Waals surface area contributed by atoms with Gasteiger partial charge in [-0.15, -0.1) is 0 Å². The first-order chi connectivity index (χ1) is 14.3. The predicted molar refractivity (Wildman–Crippen MR) is 115 cm³/mol. The fraction of sp³-hybridized carbons (Fsp3) is 0.409. The molecule has 2 aliphatic carbocycles. The SMILES string of the molecule is CC(C)(O)[C@H](F)CNC(=O)c1cnc(Nc2cnc3c(c2)C=CC3)cc1NC1CC1. The topological polar surface area (TPSA) is 99.2 Å². The van der Waals surface area contributed by atoms with E-state index < -0.39 is 17.7 Å². The Morgan fingerprint density at radius 3 is 2.83 bits per heavy atom. The average molecular weight is 411 g/mol. The molecule has 2 aliphatic rings. The van der Waals surface area contributed by atoms with Gasteiger partial charge in [0.25, 0.3) is 5.91 Å². The fourth-order valence-corrected chi connectivity index (χ4v) is 3.14. The second-order valence-electron chi connectivity index (χ2n) is 8.36. The molecule has 30 heavy (non-hydrogen) atoms. The number of aromatic nitrogens is 2. The van der Waals surface area contributed by atoms with Gasteiger partial charge in [0.15, 0.2) is 0 Å². The summed E-state index contributed by atoms with van der Waals surface area (Å²) in [5.41, 5.74) is 2.40. The van der Waals surface area contributed by atoms with Gasteiger partial charge in [-0.05, 0) is 38.3 Å². The highest BCUT2D eigenvalue weighted by Gasteiger charge is 2.28. The van der Waals surface area contributed by atoms with Crippen LogP contribution >= 0.6 is 0 Å². The molecule has 2 aromatic rings. The summed E-state index contributed by atoms with van der Waals surface area (Å²) >= 11 is 0. The summed E-state index contributed by atoms with van der Waals surface area (Å²) in [6.45, 7) is 2.46. The molecule has 8 heteroatoms. The third-order valence-corrected chi connectivity index (χ3v) is 5.18. The smallest absolute Gasteiger partial charge is 0.255 e. The lowest BCUT2D eigenvalue weighted by Gasteiger charge is -2.22. The van der Waals surface area contributed by atoms with E-state index in [4.69, 9.17) is 0 Å². The van der Waals surface area contributed by atoms with Crippen molar-refractivity contribution >= 4 is 29.2 Å². The Balaban J connectivity index is 1.50. The number of pyridine rings is 2. The highest BCUT2D eigenvalue weighted by molar-refractivity contribution is 6.00. The monoisotopic (exact) mass is 411 g/mol. The minimum atomic E-state index is -1.57. The molecule has 4 N–H and O–H groups in total. The highest BCUT2D eigenvalue weighted by atomic mass is 19.1. The molecule has 0 bridgehead atoms. The van der Waals surface area contributed by atoms with Crippen LogP contribution in [0.25, 0.3) is 6.08 Å². The van der Waals surface area contributed by atoms with E-state index in [-0.39, 0.29) is 6.54 Å². The van der Waals surface area contributed by atoms with E-state index in [1.165, 1.54) is 20.0 Å². The zero-order valence-electron chi connectivity index (χ0n) is 17.1. The number of fused-ring (bicyclic) bond motifs is 1. The first-order valence-electron chi connectivity index (χ1n) is 10.1. The quantitative estimate of drug-likeness (QED) is 0.532. The molecule has 1 fully saturated rings. The van der Waals surface area contributed by atoms with Gasteiger partial charge in [-0.1, -0.05) is 12.2 Å². The molecule has 2 heterocycles. The molecule has 7 nitrogen and oxygen atoms in total. The van der Waals surface area contributed by atoms with Crippen LogP contribution in [0.15, 0.2) is 30.6 Å². The number of alkyl halides is 1. The van der Waals surface area contributed by atoms with Gasteiger partial charge >= 0.3 is 0 Å². The minimum absolute atomic E-state index is 0.278. The Morgan fingerprint density at radius 2 is 2.10 bits per heavy atom. The van der Waals surface area contributed by atoms with Crippen molar-refractivity contribution in [1.82, 2.24) is 15.3 Å². The second kappa shape index (κ2) is 8.02. The average Bonchev–Trinajstić information content (AvgIpc) is 3.38. The number of aliphatic hydroxyl groups is 1. The van der Waals surface area contributed by atoms with Crippen molar-refractivity contribution in [1.29, 1.82) is 0 Å². The van der Waals surface area contributed by atoms with Crippen LogP contribution in [0, 0.1) is 0 Å². The number of carbonyl (C=O) groups excluding carboxylic acids is 1. The van der Waals surface area contributed by atoms with Gasteiger partial charge in [0.2, 0.25) is 0 Å². The Bertz CT molecular complexity index is 982. The fourth-order valence-electron chi connectivity index (χ4n) is 3.14. The standard InChI is InChI=1S/C22H26FN5O2/c1-22(2,30)19(23)12-26-21(29)16-11-25-20(9-18(16)27-14-6-7-14)28-15-8-13-4-3-5-17(13)24-10-15/h3-4,8-11,14,19,30H,5-7,12H2,1-2H3,(H,26,29)(H2,25,27,28)/t19-/m1/s1. The Morgan fingerprint density at radius 1 is 1.30 bits per heavy atom. The van der Waals surface area contributed by atoms with Gasteiger partial charge in [-0.2, -0.15) is 0 Å². The molecule has 0 spiro atoms. The molecule has 0 aromatic carbocycles. The molecule has 0 unspecified atom stereocenters. The molecule has 1 atom stereocenters. The number of nitrogens with zero attached hydrogens (tertiary/aromatic N) is 2. The summed E-state index contributed by atoms with van der Waals surface area (Å²) < 4.78 is 14.0. The molecule has 158 valence electrons. The van der Waals surface area contributed by atoms with Gasteiger partial charge < -0.3 is 21.1 Å². The van der Waals surface area contributed by atoms with Crippen molar-refractivity contribution < 1.29 is 14.3 Å². The van der Waals surface area contributed by atoms with E-state index in [2.05, 4.69) is 32.0 Å². The number of anilines is 3. The van der Waals surface area contributed by atoms with Crippen LogP contribution in [-0.4, -0.2) is 45.3 Å². The van der Waals surface area contributed by atoms with Crippen LogP contribution in [0.5, 0.6) is 0 Å². The van der Waals surface area contributed by atoms with Crippen LogP contribution in [0.2, 0.25) is 0 Å². The van der Waals surface area contributed by atoms with Crippen molar-refractivity contribution in [3.63, 3.8) is 0 Å². The van der Waals surface area contributed by atoms with E-state index in [0.717, 1.165) is 36.2 Å². The van der Waals surface area contributed by atoms with Crippen LogP contribution < -0.4 is 16.0 Å². The summed E-state index contributed by atoms with van der Waals surface area (Å²) in [5, 5.41) is 18.8. The molecule has 0 radical (unpaired) electrons. The highest BCUT2D eigenvalue weighted by Crippen LogP contribution is 2.29. The maximum absolute atomic E-state index is 14.0. The van der Waals surface area contributed by atoms with Crippen molar-refractivity contribution in [3.05, 3.63) is 47.4 Å². The minimum Gasteiger partial charge on any atom is -0.387 e. The first kappa shape index (κ1) is 20.3. The second-order valence-corrected chi connectivity index (χ2v) is 8.36. The van der Waals surface area contributed by atoms with Gasteiger partial charge in [0.05, 0.1) is 41.0 Å². The summed E-state index contributed by atoms with van der Waals surface area (Å²) in [6, 6.07) is 4.11. The van der Waals surface area contributed by atoms with Crippen molar-refractivity contribution in [3.8, 4) is 0 Å². The number of halogens is 1. The molecule has 0 saturated heterocycles. The normalized spacial score (nSPS) is 16.1. The van der Waals surface area contributed by atoms with E-state index in [9.17, 15) is 14.3 Å². The maximum Gasteiger partial charge on any atom is 0.255 e. The van der Waals surface area contributed by atoms with Crippen LogP contribution in [0.4, 0.5) is 21.6 Å². The van der Waals surface area contributed by atoms with E-state index in [1.807, 2.05) is 12.1 Å². The van der Waals surface area contributed by atoms with E-state index >= 15 is 0 Å².